The Morgan fingerprint density at radius 3 is 3.00 bits per heavy atom. The first-order valence-electron chi connectivity index (χ1n) is 4.14. The lowest BCUT2D eigenvalue weighted by atomic mass is 10.0. The minimum absolute atomic E-state index is 0.0875. The lowest BCUT2D eigenvalue weighted by Crippen LogP contribution is -1.97. The molecule has 0 radical (unpaired) electrons. The van der Waals surface area contributed by atoms with Crippen LogP contribution in [0.1, 0.15) is 22.8 Å². The number of pyridine rings is 1. The molecular weight excluding hydrogens is 164 g/mol. The van der Waals surface area contributed by atoms with E-state index >= 15 is 0 Å². The van der Waals surface area contributed by atoms with E-state index in [1.807, 2.05) is 13.0 Å². The Labute approximate surface area is 75.8 Å². The van der Waals surface area contributed by atoms with Crippen molar-refractivity contribution in [3.8, 4) is 0 Å². The van der Waals surface area contributed by atoms with E-state index in [1.54, 1.807) is 19.3 Å². The highest BCUT2D eigenvalue weighted by molar-refractivity contribution is 6.06. The largest absolute Gasteiger partial charge is 0.346 e. The average molecular weight is 174 g/mol. The Hall–Kier alpha value is -1.64. The van der Waals surface area contributed by atoms with Crippen LogP contribution in [0, 0.1) is 6.92 Å². The van der Waals surface area contributed by atoms with Crippen molar-refractivity contribution in [1.29, 1.82) is 0 Å². The zero-order valence-corrected chi connectivity index (χ0v) is 7.59. The van der Waals surface area contributed by atoms with Gasteiger partial charge in [-0.2, -0.15) is 0 Å². The zero-order valence-electron chi connectivity index (χ0n) is 7.59. The number of rotatable bonds is 1. The summed E-state index contributed by atoms with van der Waals surface area (Å²) in [5.41, 5.74) is 2.47. The van der Waals surface area contributed by atoms with Crippen molar-refractivity contribution >= 4 is 16.8 Å². The number of ketones is 1. The molecule has 0 saturated heterocycles. The summed E-state index contributed by atoms with van der Waals surface area (Å²) in [5, 5.41) is 0.910. The van der Waals surface area contributed by atoms with Crippen molar-refractivity contribution in [1.82, 2.24) is 9.97 Å². The van der Waals surface area contributed by atoms with Gasteiger partial charge in [-0.15, -0.1) is 0 Å². The van der Waals surface area contributed by atoms with Crippen LogP contribution in [0.25, 0.3) is 11.0 Å². The first kappa shape index (κ1) is 7.98. The molecule has 0 aliphatic rings. The molecule has 0 bridgehead atoms. The molecule has 2 rings (SSSR count). The molecule has 0 amide bonds. The number of nitrogens with one attached hydrogen (secondary N) is 1. The predicted octanol–water partition coefficient (Wildman–Crippen LogP) is 2.07. The highest BCUT2D eigenvalue weighted by Crippen LogP contribution is 2.19. The van der Waals surface area contributed by atoms with E-state index in [-0.39, 0.29) is 5.78 Å². The Morgan fingerprint density at radius 1 is 1.54 bits per heavy atom. The summed E-state index contributed by atoms with van der Waals surface area (Å²) in [4.78, 5) is 18.5. The fourth-order valence-electron chi connectivity index (χ4n) is 1.57. The summed E-state index contributed by atoms with van der Waals surface area (Å²) in [6.45, 7) is 3.48. The number of fused-ring (bicyclic) bond motifs is 1. The van der Waals surface area contributed by atoms with Crippen molar-refractivity contribution in [2.75, 3.05) is 0 Å². The van der Waals surface area contributed by atoms with Crippen molar-refractivity contribution in [3.05, 3.63) is 29.6 Å². The maximum Gasteiger partial charge on any atom is 0.160 e. The number of H-pyrrole nitrogens is 1. The summed E-state index contributed by atoms with van der Waals surface area (Å²) in [7, 11) is 0. The standard InChI is InChI=1S/C10H10N2O/c1-6-5-12-10-8(3-4-11-10)9(6)7(2)13/h3-5H,1-2H3,(H,11,12). The van der Waals surface area contributed by atoms with Gasteiger partial charge in [0.15, 0.2) is 5.78 Å². The first-order valence-corrected chi connectivity index (χ1v) is 4.14. The van der Waals surface area contributed by atoms with Gasteiger partial charge >= 0.3 is 0 Å². The molecule has 2 heterocycles. The van der Waals surface area contributed by atoms with Crippen molar-refractivity contribution in [2.24, 2.45) is 0 Å². The van der Waals surface area contributed by atoms with Crippen LogP contribution in [0.2, 0.25) is 0 Å². The second kappa shape index (κ2) is 2.69. The molecule has 0 aliphatic carbocycles. The number of aromatic nitrogens is 2. The van der Waals surface area contributed by atoms with E-state index in [2.05, 4.69) is 9.97 Å². The maximum atomic E-state index is 11.3. The summed E-state index contributed by atoms with van der Waals surface area (Å²) in [5.74, 6) is 0.0875. The SMILES string of the molecule is CC(=O)c1c(C)cnc2[nH]ccc12. The summed E-state index contributed by atoms with van der Waals surface area (Å²) in [6.07, 6.45) is 3.51. The maximum absolute atomic E-state index is 11.3. The van der Waals surface area contributed by atoms with Gasteiger partial charge in [0.2, 0.25) is 0 Å². The highest BCUT2D eigenvalue weighted by atomic mass is 16.1. The van der Waals surface area contributed by atoms with Crippen molar-refractivity contribution < 1.29 is 4.79 Å². The molecule has 0 atom stereocenters. The van der Waals surface area contributed by atoms with Crippen LogP contribution < -0.4 is 0 Å². The second-order valence-electron chi connectivity index (χ2n) is 3.11. The van der Waals surface area contributed by atoms with Gasteiger partial charge in [-0.3, -0.25) is 4.79 Å². The quantitative estimate of drug-likeness (QED) is 0.673. The number of hydrogen-bond donors (Lipinski definition) is 1. The number of carbonyl (C=O) groups is 1. The molecule has 0 fully saturated rings. The summed E-state index contributed by atoms with van der Waals surface area (Å²) < 4.78 is 0. The van der Waals surface area contributed by atoms with Crippen LogP contribution >= 0.6 is 0 Å². The smallest absolute Gasteiger partial charge is 0.160 e. The van der Waals surface area contributed by atoms with Crippen LogP contribution in [0.3, 0.4) is 0 Å². The average Bonchev–Trinajstić information content (AvgIpc) is 2.50. The van der Waals surface area contributed by atoms with Gasteiger partial charge < -0.3 is 4.98 Å². The molecule has 1 N–H and O–H groups in total. The predicted molar refractivity (Wildman–Crippen MR) is 50.8 cm³/mol. The normalized spacial score (nSPS) is 10.6. The van der Waals surface area contributed by atoms with Crippen LogP contribution in [-0.2, 0) is 0 Å². The van der Waals surface area contributed by atoms with Crippen LogP contribution in [-0.4, -0.2) is 15.8 Å². The van der Waals surface area contributed by atoms with E-state index in [9.17, 15) is 4.79 Å². The Balaban J connectivity index is 2.88. The van der Waals surface area contributed by atoms with Gasteiger partial charge in [0, 0.05) is 23.3 Å². The number of hydrogen-bond acceptors (Lipinski definition) is 2. The molecule has 2 aromatic heterocycles. The Kier molecular flexibility index (Phi) is 1.65. The molecule has 13 heavy (non-hydrogen) atoms. The Bertz CT molecular complexity index is 471. The molecule has 0 unspecified atom stereocenters. The first-order chi connectivity index (χ1) is 6.20. The van der Waals surface area contributed by atoms with Gasteiger partial charge in [-0.1, -0.05) is 0 Å². The van der Waals surface area contributed by atoms with Crippen molar-refractivity contribution in [2.45, 2.75) is 13.8 Å². The minimum Gasteiger partial charge on any atom is -0.346 e. The lowest BCUT2D eigenvalue weighted by Gasteiger charge is -2.01. The number of nitrogens with zero attached hydrogens (tertiary/aromatic N) is 1. The fraction of sp³-hybridized carbons (Fsp3) is 0.200. The van der Waals surface area contributed by atoms with Crippen LogP contribution in [0.5, 0.6) is 0 Å². The molecule has 66 valence electrons. The molecular formula is C10H10N2O. The van der Waals surface area contributed by atoms with Gasteiger partial charge in [0.05, 0.1) is 0 Å². The van der Waals surface area contributed by atoms with E-state index in [1.165, 1.54) is 0 Å². The third-order valence-electron chi connectivity index (χ3n) is 2.13. The lowest BCUT2D eigenvalue weighted by molar-refractivity contribution is 0.101. The topological polar surface area (TPSA) is 45.8 Å². The molecule has 3 heteroatoms. The molecule has 3 nitrogen and oxygen atoms in total. The number of Topliss-reactive ketones (excluding diaryl/α,β-unsaturated/α-hetero) is 1. The number of aryl methyl sites for hydroxylation is 1. The monoisotopic (exact) mass is 174 g/mol. The molecule has 0 aromatic carbocycles. The van der Waals surface area contributed by atoms with Gasteiger partial charge in [0.25, 0.3) is 0 Å². The van der Waals surface area contributed by atoms with E-state index in [0.717, 1.165) is 22.2 Å². The second-order valence-corrected chi connectivity index (χ2v) is 3.11. The summed E-state index contributed by atoms with van der Waals surface area (Å²) >= 11 is 0. The van der Waals surface area contributed by atoms with Gasteiger partial charge in [-0.05, 0) is 25.5 Å². The highest BCUT2D eigenvalue weighted by Gasteiger charge is 2.09. The number of carbonyl (C=O) groups excluding carboxylic acids is 1. The third-order valence-corrected chi connectivity index (χ3v) is 2.13. The van der Waals surface area contributed by atoms with E-state index in [0.29, 0.717) is 0 Å². The summed E-state index contributed by atoms with van der Waals surface area (Å²) in [6, 6.07) is 1.88. The Morgan fingerprint density at radius 2 is 2.31 bits per heavy atom. The molecule has 2 aromatic rings. The van der Waals surface area contributed by atoms with Crippen LogP contribution in [0.15, 0.2) is 18.5 Å². The van der Waals surface area contributed by atoms with Gasteiger partial charge in [0.1, 0.15) is 5.65 Å². The van der Waals surface area contributed by atoms with Gasteiger partial charge in [-0.25, -0.2) is 4.98 Å². The van der Waals surface area contributed by atoms with Crippen molar-refractivity contribution in [3.63, 3.8) is 0 Å². The van der Waals surface area contributed by atoms with E-state index in [4.69, 9.17) is 0 Å². The number of aromatic amines is 1. The van der Waals surface area contributed by atoms with Crippen LogP contribution in [0.4, 0.5) is 0 Å². The zero-order chi connectivity index (χ0) is 9.42. The fourth-order valence-corrected chi connectivity index (χ4v) is 1.57. The molecule has 0 saturated carbocycles. The molecule has 0 spiro atoms. The minimum atomic E-state index is 0.0875. The third kappa shape index (κ3) is 1.13. The van der Waals surface area contributed by atoms with E-state index < -0.39 is 0 Å². The molecule has 0 aliphatic heterocycles.